The summed E-state index contributed by atoms with van der Waals surface area (Å²) in [6.07, 6.45) is 3.69. The molecular formula is C21H27N3O4. The number of nitrogens with zero attached hydrogens (tertiary/aromatic N) is 3. The maximum absolute atomic E-state index is 13.1. The van der Waals surface area contributed by atoms with Crippen LogP contribution in [0.2, 0.25) is 0 Å². The largest absolute Gasteiger partial charge is 0.497 e. The van der Waals surface area contributed by atoms with E-state index in [4.69, 9.17) is 4.74 Å². The summed E-state index contributed by atoms with van der Waals surface area (Å²) < 4.78 is 7.00. The minimum Gasteiger partial charge on any atom is -0.497 e. The Morgan fingerprint density at radius 2 is 1.89 bits per heavy atom. The molecule has 2 aromatic rings. The summed E-state index contributed by atoms with van der Waals surface area (Å²) in [5.74, 6) is -0.189. The molecule has 1 aliphatic heterocycles. The molecule has 0 saturated carbocycles. The van der Waals surface area contributed by atoms with Crippen molar-refractivity contribution in [1.29, 1.82) is 0 Å². The summed E-state index contributed by atoms with van der Waals surface area (Å²) in [6.45, 7) is 5.11. The average molecular weight is 385 g/mol. The highest BCUT2D eigenvalue weighted by molar-refractivity contribution is 5.88. The van der Waals surface area contributed by atoms with E-state index in [1.807, 2.05) is 36.1 Å². The number of benzene rings is 1. The van der Waals surface area contributed by atoms with Crippen molar-refractivity contribution in [3.05, 3.63) is 47.3 Å². The van der Waals surface area contributed by atoms with E-state index in [0.717, 1.165) is 30.6 Å². The maximum atomic E-state index is 13.1. The molecule has 0 aliphatic carbocycles. The van der Waals surface area contributed by atoms with Gasteiger partial charge in [-0.1, -0.05) is 19.1 Å². The van der Waals surface area contributed by atoms with Crippen LogP contribution in [0.1, 0.15) is 59.8 Å². The zero-order valence-electron chi connectivity index (χ0n) is 16.6. The minimum atomic E-state index is -0.957. The van der Waals surface area contributed by atoms with Crippen LogP contribution >= 0.6 is 0 Å². The first kappa shape index (κ1) is 19.9. The summed E-state index contributed by atoms with van der Waals surface area (Å²) in [4.78, 5) is 26.2. The van der Waals surface area contributed by atoms with E-state index in [1.165, 1.54) is 6.20 Å². The molecule has 0 spiro atoms. The van der Waals surface area contributed by atoms with Crippen molar-refractivity contribution in [2.24, 2.45) is 0 Å². The third-order valence-electron chi connectivity index (χ3n) is 5.62. The smallest absolute Gasteiger partial charge is 0.339 e. The van der Waals surface area contributed by atoms with Crippen LogP contribution < -0.4 is 4.74 Å². The standard InChI is InChI=1S/C21H27N3O4/c1-4-18(15-5-7-17(28-3)8-6-15)20(25)23-11-9-16(10-12-23)24-14(2)19(13-22-24)21(26)27/h5-8,13,16,18H,4,9-12H2,1-3H3,(H,26,27). The molecule has 1 aromatic heterocycles. The van der Waals surface area contributed by atoms with Gasteiger partial charge in [-0.2, -0.15) is 5.10 Å². The number of hydrogen-bond donors (Lipinski definition) is 1. The van der Waals surface area contributed by atoms with E-state index in [1.54, 1.807) is 18.7 Å². The lowest BCUT2D eigenvalue weighted by Gasteiger charge is -2.34. The van der Waals surface area contributed by atoms with Crippen molar-refractivity contribution in [1.82, 2.24) is 14.7 Å². The van der Waals surface area contributed by atoms with Crippen molar-refractivity contribution >= 4 is 11.9 Å². The highest BCUT2D eigenvalue weighted by Gasteiger charge is 2.30. The maximum Gasteiger partial charge on any atom is 0.339 e. The molecule has 7 heteroatoms. The zero-order chi connectivity index (χ0) is 20.3. The number of carboxylic acids is 1. The number of piperidine rings is 1. The van der Waals surface area contributed by atoms with Crippen LogP contribution in [0.4, 0.5) is 0 Å². The fourth-order valence-electron chi connectivity index (χ4n) is 3.94. The van der Waals surface area contributed by atoms with Gasteiger partial charge in [0.2, 0.25) is 5.91 Å². The van der Waals surface area contributed by atoms with E-state index in [0.29, 0.717) is 18.8 Å². The first-order chi connectivity index (χ1) is 13.5. The molecule has 2 heterocycles. The van der Waals surface area contributed by atoms with Crippen molar-refractivity contribution < 1.29 is 19.4 Å². The molecule has 3 rings (SSSR count). The molecule has 0 radical (unpaired) electrons. The van der Waals surface area contributed by atoms with Crippen LogP contribution in [0.5, 0.6) is 5.75 Å². The van der Waals surface area contributed by atoms with Crippen LogP contribution in [0.15, 0.2) is 30.5 Å². The third kappa shape index (κ3) is 3.88. The molecule has 1 N–H and O–H groups in total. The lowest BCUT2D eigenvalue weighted by molar-refractivity contribution is -0.134. The number of aromatic nitrogens is 2. The number of hydrogen-bond acceptors (Lipinski definition) is 4. The van der Waals surface area contributed by atoms with E-state index >= 15 is 0 Å². The lowest BCUT2D eigenvalue weighted by atomic mass is 9.93. The molecule has 1 amide bonds. The quantitative estimate of drug-likeness (QED) is 0.825. The Bertz CT molecular complexity index is 836. The molecule has 1 fully saturated rings. The second-order valence-corrected chi connectivity index (χ2v) is 7.18. The van der Waals surface area contributed by atoms with Crippen LogP contribution in [-0.4, -0.2) is 51.9 Å². The molecule has 1 aliphatic rings. The van der Waals surface area contributed by atoms with Crippen molar-refractivity contribution in [3.63, 3.8) is 0 Å². The normalized spacial score (nSPS) is 16.0. The van der Waals surface area contributed by atoms with E-state index in [2.05, 4.69) is 5.10 Å². The lowest BCUT2D eigenvalue weighted by Crippen LogP contribution is -2.41. The predicted octanol–water partition coefficient (Wildman–Crippen LogP) is 3.26. The molecule has 1 aromatic carbocycles. The Kier molecular flexibility index (Phi) is 6.02. The first-order valence-electron chi connectivity index (χ1n) is 9.66. The number of rotatable bonds is 6. The van der Waals surface area contributed by atoms with E-state index in [-0.39, 0.29) is 23.4 Å². The van der Waals surface area contributed by atoms with Gasteiger partial charge < -0.3 is 14.7 Å². The topological polar surface area (TPSA) is 84.7 Å². The van der Waals surface area contributed by atoms with Gasteiger partial charge >= 0.3 is 5.97 Å². The van der Waals surface area contributed by atoms with Crippen molar-refractivity contribution in [3.8, 4) is 5.75 Å². The van der Waals surface area contributed by atoms with Gasteiger partial charge in [0.25, 0.3) is 0 Å². The van der Waals surface area contributed by atoms with Crippen LogP contribution in [-0.2, 0) is 4.79 Å². The highest BCUT2D eigenvalue weighted by atomic mass is 16.5. The Morgan fingerprint density at radius 3 is 2.39 bits per heavy atom. The second kappa shape index (κ2) is 8.46. The van der Waals surface area contributed by atoms with Crippen molar-refractivity contribution in [2.45, 2.75) is 45.1 Å². The Morgan fingerprint density at radius 1 is 1.25 bits per heavy atom. The molecule has 28 heavy (non-hydrogen) atoms. The van der Waals surface area contributed by atoms with Gasteiger partial charge in [-0.3, -0.25) is 9.48 Å². The number of methoxy groups -OCH3 is 1. The van der Waals surface area contributed by atoms with Crippen LogP contribution in [0.25, 0.3) is 0 Å². The third-order valence-corrected chi connectivity index (χ3v) is 5.62. The highest BCUT2D eigenvalue weighted by Crippen LogP contribution is 2.29. The van der Waals surface area contributed by atoms with Gasteiger partial charge in [0.05, 0.1) is 31.0 Å². The minimum absolute atomic E-state index is 0.123. The van der Waals surface area contributed by atoms with Crippen LogP contribution in [0, 0.1) is 6.92 Å². The van der Waals surface area contributed by atoms with E-state index < -0.39 is 5.97 Å². The monoisotopic (exact) mass is 385 g/mol. The number of carbonyl (C=O) groups is 2. The van der Waals surface area contributed by atoms with Gasteiger partial charge in [-0.25, -0.2) is 4.79 Å². The van der Waals surface area contributed by atoms with Gasteiger partial charge in [-0.15, -0.1) is 0 Å². The number of amides is 1. The molecule has 1 atom stereocenters. The van der Waals surface area contributed by atoms with Gasteiger partial charge in [0, 0.05) is 13.1 Å². The predicted molar refractivity (Wildman–Crippen MR) is 105 cm³/mol. The second-order valence-electron chi connectivity index (χ2n) is 7.18. The Hall–Kier alpha value is -2.83. The summed E-state index contributed by atoms with van der Waals surface area (Å²) >= 11 is 0. The summed E-state index contributed by atoms with van der Waals surface area (Å²) in [6, 6.07) is 7.81. The molecule has 1 saturated heterocycles. The summed E-state index contributed by atoms with van der Waals surface area (Å²) in [5.41, 5.74) is 1.91. The zero-order valence-corrected chi connectivity index (χ0v) is 16.6. The summed E-state index contributed by atoms with van der Waals surface area (Å²) in [7, 11) is 1.63. The van der Waals surface area contributed by atoms with Gasteiger partial charge in [-0.05, 0) is 43.9 Å². The summed E-state index contributed by atoms with van der Waals surface area (Å²) in [5, 5.41) is 13.5. The number of carbonyl (C=O) groups excluding carboxylic acids is 1. The average Bonchev–Trinajstić information content (AvgIpc) is 3.10. The van der Waals surface area contributed by atoms with Crippen molar-refractivity contribution in [2.75, 3.05) is 20.2 Å². The van der Waals surface area contributed by atoms with Gasteiger partial charge in [0.1, 0.15) is 11.3 Å². The number of aromatic carboxylic acids is 1. The number of likely N-dealkylation sites (tertiary alicyclic amines) is 1. The van der Waals surface area contributed by atoms with E-state index in [9.17, 15) is 14.7 Å². The fraction of sp³-hybridized carbons (Fsp3) is 0.476. The Balaban J connectivity index is 1.66. The number of carboxylic acid groups (broad SMARTS) is 1. The Labute approximate surface area is 164 Å². The first-order valence-corrected chi connectivity index (χ1v) is 9.66. The molecule has 7 nitrogen and oxygen atoms in total. The van der Waals surface area contributed by atoms with Crippen LogP contribution in [0.3, 0.4) is 0 Å². The SMILES string of the molecule is CCC(C(=O)N1CCC(n2ncc(C(=O)O)c2C)CC1)c1ccc(OC)cc1. The van der Waals surface area contributed by atoms with Gasteiger partial charge in [0.15, 0.2) is 0 Å². The molecule has 0 bridgehead atoms. The fourth-order valence-corrected chi connectivity index (χ4v) is 3.94. The number of ether oxygens (including phenoxy) is 1. The molecular weight excluding hydrogens is 358 g/mol. The molecule has 150 valence electrons. The molecule has 1 unspecified atom stereocenters.